The second-order valence-electron chi connectivity index (χ2n) is 4.64. The quantitative estimate of drug-likeness (QED) is 0.826. The van der Waals surface area contributed by atoms with Gasteiger partial charge in [-0.2, -0.15) is 0 Å². The monoisotopic (exact) mass is 261 g/mol. The van der Waals surface area contributed by atoms with Crippen LogP contribution in [-0.2, 0) is 0 Å². The van der Waals surface area contributed by atoms with Crippen molar-refractivity contribution >= 4 is 22.7 Å². The summed E-state index contributed by atoms with van der Waals surface area (Å²) >= 11 is 1.74. The lowest BCUT2D eigenvalue weighted by molar-refractivity contribution is 0.890. The molecule has 4 heteroatoms. The van der Waals surface area contributed by atoms with Gasteiger partial charge in [0.2, 0.25) is 0 Å². The van der Waals surface area contributed by atoms with Crippen molar-refractivity contribution in [3.8, 4) is 0 Å². The van der Waals surface area contributed by atoms with E-state index in [2.05, 4.69) is 30.2 Å². The third-order valence-electron chi connectivity index (χ3n) is 2.91. The first-order chi connectivity index (χ1) is 8.47. The molecule has 3 nitrogen and oxygen atoms in total. The summed E-state index contributed by atoms with van der Waals surface area (Å²) in [5.74, 6) is 0. The molecule has 0 fully saturated rings. The van der Waals surface area contributed by atoms with E-state index in [-0.39, 0.29) is 6.04 Å². The van der Waals surface area contributed by atoms with Crippen LogP contribution in [0.4, 0.5) is 11.4 Å². The smallest absolute Gasteiger partial charge is 0.0900 e. The van der Waals surface area contributed by atoms with Gasteiger partial charge in [0.1, 0.15) is 0 Å². The predicted octanol–water partition coefficient (Wildman–Crippen LogP) is 3.82. The number of hydrogen-bond donors (Lipinski definition) is 2. The van der Waals surface area contributed by atoms with Gasteiger partial charge in [0, 0.05) is 4.88 Å². The summed E-state index contributed by atoms with van der Waals surface area (Å²) in [4.78, 5) is 5.73. The molecule has 1 atom stereocenters. The molecule has 0 amide bonds. The number of benzene rings is 1. The fourth-order valence-corrected chi connectivity index (χ4v) is 2.99. The Balaban J connectivity index is 2.21. The van der Waals surface area contributed by atoms with Crippen LogP contribution in [-0.4, -0.2) is 4.98 Å². The van der Waals surface area contributed by atoms with E-state index in [1.165, 1.54) is 10.4 Å². The summed E-state index contributed by atoms with van der Waals surface area (Å²) in [6.45, 7) is 8.27. The average molecular weight is 261 g/mol. The van der Waals surface area contributed by atoms with Crippen LogP contribution in [0.5, 0.6) is 0 Å². The van der Waals surface area contributed by atoms with Gasteiger partial charge in [0.05, 0.1) is 28.1 Å². The molecule has 18 heavy (non-hydrogen) atoms. The average Bonchev–Trinajstić information content (AvgIpc) is 2.62. The molecule has 2 rings (SSSR count). The molecule has 0 saturated heterocycles. The maximum absolute atomic E-state index is 6.02. The van der Waals surface area contributed by atoms with E-state index in [0.717, 1.165) is 22.1 Å². The van der Waals surface area contributed by atoms with Gasteiger partial charge >= 0.3 is 0 Å². The highest BCUT2D eigenvalue weighted by Crippen LogP contribution is 2.29. The zero-order valence-electron chi connectivity index (χ0n) is 11.2. The summed E-state index contributed by atoms with van der Waals surface area (Å²) in [6, 6.07) is 6.31. The van der Waals surface area contributed by atoms with Crippen molar-refractivity contribution in [2.24, 2.45) is 0 Å². The van der Waals surface area contributed by atoms with Gasteiger partial charge in [0.15, 0.2) is 0 Å². The molecule has 1 heterocycles. The maximum Gasteiger partial charge on any atom is 0.0900 e. The standard InChI is InChI=1S/C14H19N3S/c1-8-5-6-13(12(15)7-8)17-10(3)14-9(2)16-11(4)18-14/h5-7,10,17H,15H2,1-4H3. The van der Waals surface area contributed by atoms with Gasteiger partial charge in [-0.3, -0.25) is 0 Å². The number of thiazole rings is 1. The molecule has 0 aliphatic heterocycles. The number of anilines is 2. The van der Waals surface area contributed by atoms with E-state index in [9.17, 15) is 0 Å². The van der Waals surface area contributed by atoms with Crippen LogP contribution in [0.3, 0.4) is 0 Å². The zero-order valence-corrected chi connectivity index (χ0v) is 12.1. The van der Waals surface area contributed by atoms with Crippen LogP contribution in [0.2, 0.25) is 0 Å². The molecule has 96 valence electrons. The van der Waals surface area contributed by atoms with Crippen molar-refractivity contribution in [1.82, 2.24) is 4.98 Å². The minimum absolute atomic E-state index is 0.223. The SMILES string of the molecule is Cc1ccc(NC(C)c2sc(C)nc2C)c(N)c1. The van der Waals surface area contributed by atoms with Crippen molar-refractivity contribution in [3.05, 3.63) is 39.3 Å². The molecule has 0 aliphatic carbocycles. The summed E-state index contributed by atoms with van der Waals surface area (Å²) in [6.07, 6.45) is 0. The molecular weight excluding hydrogens is 242 g/mol. The van der Waals surface area contributed by atoms with Crippen LogP contribution in [0.1, 0.15) is 34.1 Å². The Morgan fingerprint density at radius 2 is 2.00 bits per heavy atom. The molecular formula is C14H19N3S. The molecule has 1 unspecified atom stereocenters. The molecule has 1 aromatic heterocycles. The molecule has 0 spiro atoms. The number of aromatic nitrogens is 1. The fourth-order valence-electron chi connectivity index (χ4n) is 2.06. The highest BCUT2D eigenvalue weighted by atomic mass is 32.1. The van der Waals surface area contributed by atoms with Gasteiger partial charge in [-0.25, -0.2) is 4.98 Å². The number of nitrogens with one attached hydrogen (secondary N) is 1. The molecule has 0 aliphatic rings. The number of nitrogen functional groups attached to an aromatic ring is 1. The summed E-state index contributed by atoms with van der Waals surface area (Å²) in [5, 5.41) is 4.56. The van der Waals surface area contributed by atoms with Gasteiger partial charge in [-0.15, -0.1) is 11.3 Å². The molecule has 1 aromatic carbocycles. The molecule has 3 N–H and O–H groups in total. The van der Waals surface area contributed by atoms with Crippen molar-refractivity contribution in [3.63, 3.8) is 0 Å². The number of hydrogen-bond acceptors (Lipinski definition) is 4. The van der Waals surface area contributed by atoms with Crippen LogP contribution in [0, 0.1) is 20.8 Å². The van der Waals surface area contributed by atoms with E-state index in [4.69, 9.17) is 5.73 Å². The molecule has 0 bridgehead atoms. The highest BCUT2D eigenvalue weighted by Gasteiger charge is 2.13. The van der Waals surface area contributed by atoms with Crippen molar-refractivity contribution < 1.29 is 0 Å². The molecule has 0 radical (unpaired) electrons. The lowest BCUT2D eigenvalue weighted by atomic mass is 10.1. The van der Waals surface area contributed by atoms with Crippen molar-refractivity contribution in [2.75, 3.05) is 11.1 Å². The molecule has 2 aromatic rings. The van der Waals surface area contributed by atoms with E-state index in [1.807, 2.05) is 26.0 Å². The minimum Gasteiger partial charge on any atom is -0.397 e. The predicted molar refractivity (Wildman–Crippen MR) is 79.2 cm³/mol. The second-order valence-corrected chi connectivity index (χ2v) is 5.87. The third-order valence-corrected chi connectivity index (χ3v) is 4.17. The van der Waals surface area contributed by atoms with E-state index >= 15 is 0 Å². The Bertz CT molecular complexity index is 560. The minimum atomic E-state index is 0.223. The van der Waals surface area contributed by atoms with E-state index in [0.29, 0.717) is 0 Å². The zero-order chi connectivity index (χ0) is 13.3. The molecule has 0 saturated carbocycles. The first kappa shape index (κ1) is 12.9. The van der Waals surface area contributed by atoms with Gasteiger partial charge in [-0.1, -0.05) is 6.07 Å². The first-order valence-electron chi connectivity index (χ1n) is 6.04. The Hall–Kier alpha value is -1.55. The largest absolute Gasteiger partial charge is 0.397 e. The van der Waals surface area contributed by atoms with Crippen LogP contribution in [0.15, 0.2) is 18.2 Å². The lowest BCUT2D eigenvalue weighted by Gasteiger charge is -2.16. The summed E-state index contributed by atoms with van der Waals surface area (Å²) in [7, 11) is 0. The lowest BCUT2D eigenvalue weighted by Crippen LogP contribution is -2.08. The van der Waals surface area contributed by atoms with Crippen molar-refractivity contribution in [2.45, 2.75) is 33.7 Å². The van der Waals surface area contributed by atoms with Crippen molar-refractivity contribution in [1.29, 1.82) is 0 Å². The Labute approximate surface area is 112 Å². The number of rotatable bonds is 3. The van der Waals surface area contributed by atoms with E-state index in [1.54, 1.807) is 11.3 Å². The number of aryl methyl sites for hydroxylation is 3. The van der Waals surface area contributed by atoms with Crippen LogP contribution in [0.25, 0.3) is 0 Å². The fraction of sp³-hybridized carbons (Fsp3) is 0.357. The second kappa shape index (κ2) is 4.98. The van der Waals surface area contributed by atoms with Crippen LogP contribution < -0.4 is 11.1 Å². The van der Waals surface area contributed by atoms with Gasteiger partial charge < -0.3 is 11.1 Å². The topological polar surface area (TPSA) is 50.9 Å². The number of nitrogens with zero attached hydrogens (tertiary/aromatic N) is 1. The van der Waals surface area contributed by atoms with E-state index < -0.39 is 0 Å². The Morgan fingerprint density at radius 1 is 1.28 bits per heavy atom. The van der Waals surface area contributed by atoms with Gasteiger partial charge in [-0.05, 0) is 45.4 Å². The third kappa shape index (κ3) is 2.64. The van der Waals surface area contributed by atoms with Gasteiger partial charge in [0.25, 0.3) is 0 Å². The Morgan fingerprint density at radius 3 is 2.56 bits per heavy atom. The first-order valence-corrected chi connectivity index (χ1v) is 6.85. The maximum atomic E-state index is 6.02. The Kier molecular flexibility index (Phi) is 3.57. The summed E-state index contributed by atoms with van der Waals surface area (Å²) in [5.41, 5.74) is 10.1. The normalized spacial score (nSPS) is 12.4. The highest BCUT2D eigenvalue weighted by molar-refractivity contribution is 7.11. The summed E-state index contributed by atoms with van der Waals surface area (Å²) < 4.78 is 0. The van der Waals surface area contributed by atoms with Crippen LogP contribution >= 0.6 is 11.3 Å². The number of nitrogens with two attached hydrogens (primary N) is 1.